The van der Waals surface area contributed by atoms with Crippen molar-refractivity contribution in [3.05, 3.63) is 58.1 Å². The Bertz CT molecular complexity index is 977. The molecule has 0 atom stereocenters. The minimum absolute atomic E-state index is 0.0569. The first-order chi connectivity index (χ1) is 15.9. The zero-order valence-electron chi connectivity index (χ0n) is 18.2. The molecule has 176 valence electrons. The first-order valence-electron chi connectivity index (χ1n) is 11.0. The highest BCUT2D eigenvalue weighted by Gasteiger charge is 2.17. The number of halogens is 2. The van der Waals surface area contributed by atoms with Gasteiger partial charge in [0.25, 0.3) is 5.91 Å². The molecule has 0 aromatic heterocycles. The molecule has 33 heavy (non-hydrogen) atoms. The molecule has 0 bridgehead atoms. The number of nitrogens with one attached hydrogen (secondary N) is 2. The van der Waals surface area contributed by atoms with Gasteiger partial charge in [-0.1, -0.05) is 36.0 Å². The highest BCUT2D eigenvalue weighted by molar-refractivity contribution is 7.80. The smallest absolute Gasteiger partial charge is 0.253 e. The molecule has 1 aliphatic rings. The van der Waals surface area contributed by atoms with E-state index in [0.29, 0.717) is 40.1 Å². The molecule has 0 spiro atoms. The minimum Gasteiger partial charge on any atom is -0.492 e. The van der Waals surface area contributed by atoms with E-state index in [-0.39, 0.29) is 23.3 Å². The Morgan fingerprint density at radius 3 is 2.36 bits per heavy atom. The highest BCUT2D eigenvalue weighted by Crippen LogP contribution is 2.27. The zero-order chi connectivity index (χ0) is 23.6. The standard InChI is InChI=1S/C24H27Cl2N3O3S/c25-18-9-12-21(20(26)16-18)32-15-5-6-22(30)28-24(33)27-19-10-7-17(8-11-19)23(31)29-13-3-1-2-4-14-29/h7-12,16H,1-6,13-15H2,(H2,27,28,30,33). The largest absolute Gasteiger partial charge is 0.492 e. The molecule has 3 rings (SSSR count). The molecule has 0 saturated carbocycles. The number of benzene rings is 2. The number of amides is 2. The zero-order valence-corrected chi connectivity index (χ0v) is 20.6. The van der Waals surface area contributed by atoms with E-state index in [2.05, 4.69) is 10.6 Å². The fourth-order valence-electron chi connectivity index (χ4n) is 3.51. The maximum Gasteiger partial charge on any atom is 0.253 e. The van der Waals surface area contributed by atoms with E-state index in [0.717, 1.165) is 25.9 Å². The van der Waals surface area contributed by atoms with Crippen LogP contribution in [0.1, 0.15) is 48.9 Å². The molecule has 9 heteroatoms. The summed E-state index contributed by atoms with van der Waals surface area (Å²) in [4.78, 5) is 26.7. The molecule has 2 aromatic rings. The molecule has 0 radical (unpaired) electrons. The fourth-order valence-corrected chi connectivity index (χ4v) is 4.21. The number of nitrogens with zero attached hydrogens (tertiary/aromatic N) is 1. The maximum atomic E-state index is 12.7. The van der Waals surface area contributed by atoms with Crippen LogP contribution in [0.3, 0.4) is 0 Å². The van der Waals surface area contributed by atoms with Crippen LogP contribution in [-0.2, 0) is 4.79 Å². The maximum absolute atomic E-state index is 12.7. The Hall–Kier alpha value is -2.35. The first kappa shape index (κ1) is 25.3. The molecule has 6 nitrogen and oxygen atoms in total. The van der Waals surface area contributed by atoms with Gasteiger partial charge in [-0.3, -0.25) is 9.59 Å². The van der Waals surface area contributed by atoms with E-state index in [1.165, 1.54) is 12.8 Å². The van der Waals surface area contributed by atoms with Gasteiger partial charge in [0, 0.05) is 35.8 Å². The van der Waals surface area contributed by atoms with E-state index < -0.39 is 0 Å². The summed E-state index contributed by atoms with van der Waals surface area (Å²) in [6, 6.07) is 12.1. The first-order valence-corrected chi connectivity index (χ1v) is 12.2. The number of hydrogen-bond donors (Lipinski definition) is 2. The van der Waals surface area contributed by atoms with Gasteiger partial charge in [0.1, 0.15) is 5.75 Å². The normalized spacial score (nSPS) is 13.7. The summed E-state index contributed by atoms with van der Waals surface area (Å²) in [5.41, 5.74) is 1.35. The third-order valence-corrected chi connectivity index (χ3v) is 5.97. The van der Waals surface area contributed by atoms with Crippen LogP contribution in [0.5, 0.6) is 5.75 Å². The number of thiocarbonyl (C=S) groups is 1. The van der Waals surface area contributed by atoms with Gasteiger partial charge in [-0.2, -0.15) is 0 Å². The average Bonchev–Trinajstić information content (AvgIpc) is 3.07. The summed E-state index contributed by atoms with van der Waals surface area (Å²) in [5.74, 6) is 0.365. The fraction of sp³-hybridized carbons (Fsp3) is 0.375. The summed E-state index contributed by atoms with van der Waals surface area (Å²) in [6.07, 6.45) is 5.22. The quantitative estimate of drug-likeness (QED) is 0.372. The number of carbonyl (C=O) groups is 2. The predicted molar refractivity (Wildman–Crippen MR) is 136 cm³/mol. The van der Waals surface area contributed by atoms with Crippen LogP contribution in [0.15, 0.2) is 42.5 Å². The lowest BCUT2D eigenvalue weighted by Crippen LogP contribution is -2.34. The summed E-state index contributed by atoms with van der Waals surface area (Å²) >= 11 is 17.1. The monoisotopic (exact) mass is 507 g/mol. The minimum atomic E-state index is -0.216. The molecular formula is C24H27Cl2N3O3S. The van der Waals surface area contributed by atoms with Gasteiger partial charge in [0.15, 0.2) is 5.11 Å². The average molecular weight is 508 g/mol. The van der Waals surface area contributed by atoms with Crippen LogP contribution in [0, 0.1) is 0 Å². The van der Waals surface area contributed by atoms with Gasteiger partial charge in [0.2, 0.25) is 5.91 Å². The number of carbonyl (C=O) groups excluding carboxylic acids is 2. The van der Waals surface area contributed by atoms with Gasteiger partial charge < -0.3 is 20.3 Å². The van der Waals surface area contributed by atoms with Crippen LogP contribution in [-0.4, -0.2) is 41.5 Å². The number of rotatable bonds is 7. The summed E-state index contributed by atoms with van der Waals surface area (Å²) in [7, 11) is 0. The van der Waals surface area contributed by atoms with Crippen LogP contribution in [0.2, 0.25) is 10.0 Å². The van der Waals surface area contributed by atoms with E-state index >= 15 is 0 Å². The Balaban J connectivity index is 1.38. The third kappa shape index (κ3) is 8.18. The summed E-state index contributed by atoms with van der Waals surface area (Å²) < 4.78 is 5.57. The van der Waals surface area contributed by atoms with Crippen molar-refractivity contribution < 1.29 is 14.3 Å². The van der Waals surface area contributed by atoms with Crippen LogP contribution >= 0.6 is 35.4 Å². The molecule has 1 aliphatic heterocycles. The molecule has 2 aromatic carbocycles. The number of anilines is 1. The third-order valence-electron chi connectivity index (χ3n) is 5.24. The summed E-state index contributed by atoms with van der Waals surface area (Å²) in [6.45, 7) is 1.96. The van der Waals surface area contributed by atoms with Gasteiger partial charge in [-0.15, -0.1) is 0 Å². The van der Waals surface area contributed by atoms with Crippen molar-refractivity contribution in [2.45, 2.75) is 38.5 Å². The lowest BCUT2D eigenvalue weighted by Gasteiger charge is -2.20. The van der Waals surface area contributed by atoms with Crippen LogP contribution in [0.25, 0.3) is 0 Å². The van der Waals surface area contributed by atoms with E-state index in [1.807, 2.05) is 4.90 Å². The summed E-state index contributed by atoms with van der Waals surface area (Å²) in [5, 5.41) is 6.78. The Labute approximate surface area is 209 Å². The van der Waals surface area contributed by atoms with E-state index in [9.17, 15) is 9.59 Å². The van der Waals surface area contributed by atoms with Gasteiger partial charge in [-0.05, 0) is 73.9 Å². The lowest BCUT2D eigenvalue weighted by atomic mass is 10.1. The lowest BCUT2D eigenvalue weighted by molar-refractivity contribution is -0.119. The second kappa shape index (κ2) is 12.8. The van der Waals surface area contributed by atoms with Crippen LogP contribution in [0.4, 0.5) is 5.69 Å². The van der Waals surface area contributed by atoms with Crippen molar-refractivity contribution in [2.75, 3.05) is 25.0 Å². The van der Waals surface area contributed by atoms with Crippen molar-refractivity contribution in [3.8, 4) is 5.75 Å². The SMILES string of the molecule is O=C(CCCOc1ccc(Cl)cc1Cl)NC(=S)Nc1ccc(C(=O)N2CCCCCC2)cc1. The number of ether oxygens (including phenoxy) is 1. The van der Waals surface area contributed by atoms with Crippen molar-refractivity contribution in [1.82, 2.24) is 10.2 Å². The second-order valence-corrected chi connectivity index (χ2v) is 9.06. The van der Waals surface area contributed by atoms with E-state index in [4.69, 9.17) is 40.2 Å². The topological polar surface area (TPSA) is 70.7 Å². The predicted octanol–water partition coefficient (Wildman–Crippen LogP) is 5.68. The number of likely N-dealkylation sites (tertiary alicyclic amines) is 1. The Morgan fingerprint density at radius 1 is 1.00 bits per heavy atom. The van der Waals surface area contributed by atoms with Crippen molar-refractivity contribution in [2.24, 2.45) is 0 Å². The Morgan fingerprint density at radius 2 is 1.70 bits per heavy atom. The number of hydrogen-bond acceptors (Lipinski definition) is 4. The van der Waals surface area contributed by atoms with Crippen molar-refractivity contribution >= 4 is 58.0 Å². The molecule has 2 amide bonds. The van der Waals surface area contributed by atoms with Crippen LogP contribution < -0.4 is 15.4 Å². The molecule has 1 saturated heterocycles. The van der Waals surface area contributed by atoms with E-state index in [1.54, 1.807) is 42.5 Å². The molecular weight excluding hydrogens is 481 g/mol. The molecule has 1 heterocycles. The molecule has 2 N–H and O–H groups in total. The second-order valence-electron chi connectivity index (χ2n) is 7.81. The van der Waals surface area contributed by atoms with Crippen molar-refractivity contribution in [1.29, 1.82) is 0 Å². The molecule has 1 fully saturated rings. The van der Waals surface area contributed by atoms with Gasteiger partial charge in [0.05, 0.1) is 11.6 Å². The molecule has 0 unspecified atom stereocenters. The van der Waals surface area contributed by atoms with Gasteiger partial charge >= 0.3 is 0 Å². The highest BCUT2D eigenvalue weighted by atomic mass is 35.5. The van der Waals surface area contributed by atoms with Crippen molar-refractivity contribution in [3.63, 3.8) is 0 Å². The Kier molecular flexibility index (Phi) is 9.78. The van der Waals surface area contributed by atoms with Gasteiger partial charge in [-0.25, -0.2) is 0 Å². The molecule has 0 aliphatic carbocycles.